The van der Waals surface area contributed by atoms with Crippen molar-refractivity contribution in [2.24, 2.45) is 0 Å². The Balaban J connectivity index is 2.63. The fourth-order valence-corrected chi connectivity index (χ4v) is 2.27. The predicted octanol–water partition coefficient (Wildman–Crippen LogP) is 3.83. The number of nitrogens with zero attached hydrogens (tertiary/aromatic N) is 3. The molecule has 2 aromatic rings. The highest BCUT2D eigenvalue weighted by atomic mass is 35.5. The number of hydrogen-bond acceptors (Lipinski definition) is 2. The Bertz CT molecular complexity index is 535. The predicted molar refractivity (Wildman–Crippen MR) is 70.5 cm³/mol. The van der Waals surface area contributed by atoms with Crippen LogP contribution in [-0.2, 0) is 13.0 Å². The van der Waals surface area contributed by atoms with Crippen LogP contribution in [-0.4, -0.2) is 14.8 Å². The Morgan fingerprint density at radius 1 is 1.24 bits per heavy atom. The van der Waals surface area contributed by atoms with Gasteiger partial charge in [0, 0.05) is 18.3 Å². The molecular formula is C12H13Cl2N3. The van der Waals surface area contributed by atoms with Crippen molar-refractivity contribution in [3.8, 4) is 11.3 Å². The van der Waals surface area contributed by atoms with Crippen LogP contribution < -0.4 is 0 Å². The third-order valence-electron chi connectivity index (χ3n) is 2.69. The maximum absolute atomic E-state index is 6.18. The highest BCUT2D eigenvalue weighted by molar-refractivity contribution is 6.33. The molecule has 0 radical (unpaired) electrons. The van der Waals surface area contributed by atoms with Crippen molar-refractivity contribution >= 4 is 23.2 Å². The minimum atomic E-state index is 0.504. The maximum atomic E-state index is 6.18. The molecule has 0 atom stereocenters. The summed E-state index contributed by atoms with van der Waals surface area (Å²) in [6.45, 7) is 4.88. The van der Waals surface area contributed by atoms with E-state index in [9.17, 15) is 0 Å². The normalized spacial score (nSPS) is 10.8. The Kier molecular flexibility index (Phi) is 3.69. The number of halogens is 2. The van der Waals surface area contributed by atoms with Crippen molar-refractivity contribution in [3.05, 3.63) is 34.2 Å². The van der Waals surface area contributed by atoms with E-state index in [0.717, 1.165) is 29.8 Å². The first-order chi connectivity index (χ1) is 8.17. The first-order valence-electron chi connectivity index (χ1n) is 5.53. The van der Waals surface area contributed by atoms with Crippen molar-refractivity contribution in [1.82, 2.24) is 14.8 Å². The molecular weight excluding hydrogens is 257 g/mol. The lowest BCUT2D eigenvalue weighted by atomic mass is 10.1. The minimum Gasteiger partial charge on any atom is -0.264 e. The van der Waals surface area contributed by atoms with Crippen LogP contribution in [0, 0.1) is 0 Å². The van der Waals surface area contributed by atoms with Crippen LogP contribution in [0.3, 0.4) is 0 Å². The molecule has 0 spiro atoms. The van der Waals surface area contributed by atoms with Crippen molar-refractivity contribution in [2.45, 2.75) is 26.8 Å². The quantitative estimate of drug-likeness (QED) is 0.793. The molecule has 0 aliphatic carbocycles. The van der Waals surface area contributed by atoms with Crippen LogP contribution >= 0.6 is 23.2 Å². The molecule has 0 saturated carbocycles. The van der Waals surface area contributed by atoms with E-state index in [1.807, 2.05) is 17.7 Å². The van der Waals surface area contributed by atoms with Gasteiger partial charge in [-0.1, -0.05) is 30.1 Å². The Morgan fingerprint density at radius 3 is 2.65 bits per heavy atom. The van der Waals surface area contributed by atoms with E-state index in [0.29, 0.717) is 10.2 Å². The molecule has 0 unspecified atom stereocenters. The monoisotopic (exact) mass is 269 g/mol. The number of aryl methyl sites for hydroxylation is 2. The van der Waals surface area contributed by atoms with E-state index in [4.69, 9.17) is 23.2 Å². The molecule has 0 fully saturated rings. The van der Waals surface area contributed by atoms with Gasteiger partial charge in [-0.05, 0) is 25.0 Å². The highest BCUT2D eigenvalue weighted by Gasteiger charge is 2.14. The smallest absolute Gasteiger partial charge is 0.129 e. The van der Waals surface area contributed by atoms with Crippen molar-refractivity contribution in [2.75, 3.05) is 0 Å². The molecule has 0 bridgehead atoms. The molecule has 2 aromatic heterocycles. The fourth-order valence-electron chi connectivity index (χ4n) is 1.84. The van der Waals surface area contributed by atoms with Crippen LogP contribution in [0.1, 0.15) is 19.4 Å². The van der Waals surface area contributed by atoms with Gasteiger partial charge < -0.3 is 0 Å². The van der Waals surface area contributed by atoms with Crippen LogP contribution in [0.25, 0.3) is 11.3 Å². The van der Waals surface area contributed by atoms with E-state index in [1.165, 1.54) is 0 Å². The van der Waals surface area contributed by atoms with Gasteiger partial charge in [-0.15, -0.1) is 0 Å². The summed E-state index contributed by atoms with van der Waals surface area (Å²) in [6, 6.07) is 1.88. The molecule has 17 heavy (non-hydrogen) atoms. The van der Waals surface area contributed by atoms with Crippen LogP contribution in [0.15, 0.2) is 18.5 Å². The number of rotatable bonds is 3. The number of pyridine rings is 1. The van der Waals surface area contributed by atoms with E-state index in [-0.39, 0.29) is 0 Å². The molecule has 0 saturated heterocycles. The van der Waals surface area contributed by atoms with E-state index in [1.54, 1.807) is 12.4 Å². The third-order valence-corrected chi connectivity index (χ3v) is 3.17. The second-order valence-electron chi connectivity index (χ2n) is 3.67. The van der Waals surface area contributed by atoms with E-state index >= 15 is 0 Å². The van der Waals surface area contributed by atoms with Crippen LogP contribution in [0.4, 0.5) is 0 Å². The summed E-state index contributed by atoms with van der Waals surface area (Å²) in [6.07, 6.45) is 4.30. The summed E-state index contributed by atoms with van der Waals surface area (Å²) in [5, 5.41) is 5.38. The van der Waals surface area contributed by atoms with Gasteiger partial charge in [-0.2, -0.15) is 5.10 Å². The minimum absolute atomic E-state index is 0.504. The number of hydrogen-bond donors (Lipinski definition) is 0. The Hall–Kier alpha value is -1.06. The molecule has 0 N–H and O–H groups in total. The molecule has 0 aliphatic heterocycles. The van der Waals surface area contributed by atoms with Gasteiger partial charge in [0.2, 0.25) is 0 Å². The second-order valence-corrected chi connectivity index (χ2v) is 4.47. The van der Waals surface area contributed by atoms with Gasteiger partial charge in [0.15, 0.2) is 0 Å². The van der Waals surface area contributed by atoms with Crippen LogP contribution in [0.5, 0.6) is 0 Å². The Labute approximate surface area is 110 Å². The van der Waals surface area contributed by atoms with Gasteiger partial charge in [-0.25, -0.2) is 4.98 Å². The zero-order valence-corrected chi connectivity index (χ0v) is 11.3. The van der Waals surface area contributed by atoms with Crippen LogP contribution in [0.2, 0.25) is 10.2 Å². The summed E-state index contributed by atoms with van der Waals surface area (Å²) < 4.78 is 1.87. The third kappa shape index (κ3) is 2.31. The highest BCUT2D eigenvalue weighted by Crippen LogP contribution is 2.31. The first kappa shape index (κ1) is 12.4. The average molecular weight is 270 g/mol. The SMILES string of the molecule is CCc1cc(Cl)ncc1-c1c(Cl)cnn1CC. The molecule has 0 amide bonds. The number of aromatic nitrogens is 3. The summed E-state index contributed by atoms with van der Waals surface area (Å²) >= 11 is 12.1. The molecule has 2 rings (SSSR count). The summed E-state index contributed by atoms with van der Waals surface area (Å²) in [7, 11) is 0. The van der Waals surface area contributed by atoms with Crippen molar-refractivity contribution < 1.29 is 0 Å². The second kappa shape index (κ2) is 5.07. The molecule has 5 heteroatoms. The van der Waals surface area contributed by atoms with Gasteiger partial charge in [0.25, 0.3) is 0 Å². The van der Waals surface area contributed by atoms with Crippen molar-refractivity contribution in [3.63, 3.8) is 0 Å². The summed E-state index contributed by atoms with van der Waals surface area (Å²) in [5.41, 5.74) is 3.04. The van der Waals surface area contributed by atoms with Crippen molar-refractivity contribution in [1.29, 1.82) is 0 Å². The zero-order chi connectivity index (χ0) is 12.4. The van der Waals surface area contributed by atoms with Gasteiger partial charge in [-0.3, -0.25) is 4.68 Å². The lowest BCUT2D eigenvalue weighted by Crippen LogP contribution is -2.01. The van der Waals surface area contributed by atoms with Gasteiger partial charge in [0.1, 0.15) is 5.15 Å². The molecule has 0 aromatic carbocycles. The molecule has 90 valence electrons. The first-order valence-corrected chi connectivity index (χ1v) is 6.29. The van der Waals surface area contributed by atoms with E-state index < -0.39 is 0 Å². The standard InChI is InChI=1S/C12H13Cl2N3/c1-3-8-5-11(14)15-6-9(8)12-10(13)7-16-17(12)4-2/h5-7H,3-4H2,1-2H3. The lowest BCUT2D eigenvalue weighted by Gasteiger charge is -2.10. The van der Waals surface area contributed by atoms with Gasteiger partial charge in [0.05, 0.1) is 16.9 Å². The zero-order valence-electron chi connectivity index (χ0n) is 9.74. The molecule has 3 nitrogen and oxygen atoms in total. The van der Waals surface area contributed by atoms with E-state index in [2.05, 4.69) is 17.0 Å². The average Bonchev–Trinajstić information content (AvgIpc) is 2.70. The fraction of sp³-hybridized carbons (Fsp3) is 0.333. The van der Waals surface area contributed by atoms with Gasteiger partial charge >= 0.3 is 0 Å². The summed E-state index contributed by atoms with van der Waals surface area (Å²) in [5.74, 6) is 0. The lowest BCUT2D eigenvalue weighted by molar-refractivity contribution is 0.666. The molecule has 0 aliphatic rings. The topological polar surface area (TPSA) is 30.7 Å². The Morgan fingerprint density at radius 2 is 2.00 bits per heavy atom. The largest absolute Gasteiger partial charge is 0.264 e. The molecule has 2 heterocycles. The maximum Gasteiger partial charge on any atom is 0.129 e. The summed E-state index contributed by atoms with van der Waals surface area (Å²) in [4.78, 5) is 4.13.